The van der Waals surface area contributed by atoms with Gasteiger partial charge in [-0.3, -0.25) is 4.21 Å². The van der Waals surface area contributed by atoms with Crippen LogP contribution in [0, 0.1) is 0 Å². The van der Waals surface area contributed by atoms with Crippen LogP contribution in [0.1, 0.15) is 0 Å². The monoisotopic (exact) mass is 384 g/mol. The average molecular weight is 384 g/mol. The van der Waals surface area contributed by atoms with E-state index < -0.39 is 30.8 Å². The molecule has 78 valence electrons. The molecule has 1 rings (SSSR count). The molecule has 5 heteroatoms. The minimum atomic E-state index is -2.11. The zero-order valence-electron chi connectivity index (χ0n) is 8.41. The summed E-state index contributed by atoms with van der Waals surface area (Å²) < 4.78 is 21.5. The Bertz CT molecular complexity index is 285. The van der Waals surface area contributed by atoms with Crippen LogP contribution in [0.5, 0.6) is 0 Å². The molecule has 0 heterocycles. The van der Waals surface area contributed by atoms with E-state index in [4.69, 9.17) is 0 Å². The van der Waals surface area contributed by atoms with Gasteiger partial charge in [0, 0.05) is 9.37 Å². The molecule has 0 aliphatic heterocycles. The van der Waals surface area contributed by atoms with Crippen LogP contribution in [0.3, 0.4) is 0 Å². The van der Waals surface area contributed by atoms with E-state index >= 15 is 0 Å². The van der Waals surface area contributed by atoms with Crippen molar-refractivity contribution in [3.05, 3.63) is 28.7 Å². The Kier molecular flexibility index (Phi) is 8.18. The first-order chi connectivity index (χ1) is 6.43. The average Bonchev–Trinajstić information content (AvgIpc) is 2.03. The second-order valence-corrected chi connectivity index (χ2v) is 13.6. The van der Waals surface area contributed by atoms with Gasteiger partial charge in [-0.15, -0.1) is 0 Å². The van der Waals surface area contributed by atoms with Gasteiger partial charge in [0.25, 0.3) is 0 Å². The van der Waals surface area contributed by atoms with Gasteiger partial charge in [0.05, 0.1) is 0 Å². The number of benzene rings is 1. The van der Waals surface area contributed by atoms with Crippen molar-refractivity contribution in [3.8, 4) is 0 Å². The Hall–Kier alpha value is 0.609. The van der Waals surface area contributed by atoms with E-state index in [1.54, 1.807) is 12.1 Å². The van der Waals surface area contributed by atoms with Gasteiger partial charge in [-0.05, 0) is 35.3 Å². The normalized spacial score (nSPS) is 11.2. The number of hydrogen-bond acceptors (Lipinski definition) is 2. The van der Waals surface area contributed by atoms with Crippen LogP contribution in [0.25, 0.3) is 0 Å². The molecule has 0 N–H and O–H groups in total. The minimum absolute atomic E-state index is 0.309. The molecule has 0 radical (unpaired) electrons. The first kappa shape index (κ1) is 14.6. The molecule has 0 aliphatic rings. The molecule has 1 atom stereocenters. The Morgan fingerprint density at radius 3 is 1.86 bits per heavy atom. The summed E-state index contributed by atoms with van der Waals surface area (Å²) in [4.78, 5) is 7.40. The molecule has 0 aromatic heterocycles. The predicted octanol–water partition coefficient (Wildman–Crippen LogP) is 3.06. The van der Waals surface area contributed by atoms with E-state index in [1.165, 1.54) is 12.1 Å². The second kappa shape index (κ2) is 7.84. The summed E-state index contributed by atoms with van der Waals surface area (Å²) in [6.45, 7) is 0. The van der Waals surface area contributed by atoms with Crippen molar-refractivity contribution in [1.29, 1.82) is 0 Å². The van der Waals surface area contributed by atoms with Crippen molar-refractivity contribution < 1.29 is 8.76 Å². The third-order valence-electron chi connectivity index (χ3n) is 1.01. The van der Waals surface area contributed by atoms with Gasteiger partial charge >= 0.3 is 34.6 Å². The Balaban J connectivity index is 0.000000364. The van der Waals surface area contributed by atoms with Crippen molar-refractivity contribution in [1.82, 2.24) is 0 Å². The van der Waals surface area contributed by atoms with Crippen LogP contribution in [0.4, 0.5) is 0 Å². The summed E-state index contributed by atoms with van der Waals surface area (Å²) in [7, 11) is 0. The van der Waals surface area contributed by atoms with E-state index in [0.717, 1.165) is 4.47 Å². The molecular weight excluding hydrogens is 371 g/mol. The predicted molar refractivity (Wildman–Crippen MR) is 64.7 cm³/mol. The SMILES string of the molecule is O=S([O-])c1ccc(Br)cc1.[CH3][Sn+]([CH3])[CH3]. The van der Waals surface area contributed by atoms with Gasteiger partial charge in [0.1, 0.15) is 0 Å². The molecular formula is C9H13BrO2SSn. The van der Waals surface area contributed by atoms with E-state index in [9.17, 15) is 8.76 Å². The summed E-state index contributed by atoms with van der Waals surface area (Å²) in [5.41, 5.74) is 0. The zero-order chi connectivity index (χ0) is 11.1. The van der Waals surface area contributed by atoms with Crippen molar-refractivity contribution >= 4 is 46.8 Å². The number of hydrogen-bond donors (Lipinski definition) is 0. The van der Waals surface area contributed by atoms with E-state index in [0.29, 0.717) is 4.90 Å². The summed E-state index contributed by atoms with van der Waals surface area (Å²) in [6, 6.07) is 6.44. The van der Waals surface area contributed by atoms with E-state index in [-0.39, 0.29) is 0 Å². The third kappa shape index (κ3) is 7.96. The Morgan fingerprint density at radius 1 is 1.21 bits per heavy atom. The maximum atomic E-state index is 10.3. The second-order valence-electron chi connectivity index (χ2n) is 3.19. The van der Waals surface area contributed by atoms with Gasteiger partial charge < -0.3 is 4.55 Å². The van der Waals surface area contributed by atoms with Gasteiger partial charge in [-0.1, -0.05) is 15.9 Å². The molecule has 0 bridgehead atoms. The fourth-order valence-corrected chi connectivity index (χ4v) is 1.17. The van der Waals surface area contributed by atoms with Gasteiger partial charge in [0.2, 0.25) is 0 Å². The van der Waals surface area contributed by atoms with Crippen LogP contribution >= 0.6 is 15.9 Å². The van der Waals surface area contributed by atoms with E-state index in [1.807, 2.05) is 0 Å². The molecule has 1 aromatic carbocycles. The van der Waals surface area contributed by atoms with Crippen LogP contribution in [0.2, 0.25) is 14.8 Å². The maximum absolute atomic E-state index is 10.3. The topological polar surface area (TPSA) is 40.1 Å². The molecule has 0 spiro atoms. The summed E-state index contributed by atoms with van der Waals surface area (Å²) in [5.74, 6) is 0. The molecule has 0 saturated carbocycles. The fraction of sp³-hybridized carbons (Fsp3) is 0.333. The number of halogens is 1. The summed E-state index contributed by atoms with van der Waals surface area (Å²) in [5, 5.41) is 0. The van der Waals surface area contributed by atoms with Crippen LogP contribution < -0.4 is 0 Å². The quantitative estimate of drug-likeness (QED) is 0.552. The molecule has 0 aliphatic carbocycles. The first-order valence-electron chi connectivity index (χ1n) is 4.05. The molecule has 14 heavy (non-hydrogen) atoms. The fourth-order valence-electron chi connectivity index (χ4n) is 0.546. The molecule has 0 amide bonds. The standard InChI is InChI=1S/C6H5BrO2S.3CH3.Sn/c7-5-1-3-6(4-2-5)10(8)9;;;;/h1-4H,(H,8,9);3*1H3;/q;;;;+1/p-1. The van der Waals surface area contributed by atoms with Crippen molar-refractivity contribution in [2.45, 2.75) is 19.7 Å². The third-order valence-corrected chi connectivity index (χ3v) is 2.19. The van der Waals surface area contributed by atoms with Crippen LogP contribution in [0.15, 0.2) is 33.6 Å². The molecule has 0 saturated heterocycles. The van der Waals surface area contributed by atoms with Crippen molar-refractivity contribution in [3.63, 3.8) is 0 Å². The summed E-state index contributed by atoms with van der Waals surface area (Å²) in [6.07, 6.45) is 0. The first-order valence-corrected chi connectivity index (χ1v) is 14.5. The van der Waals surface area contributed by atoms with Crippen molar-refractivity contribution in [2.75, 3.05) is 0 Å². The van der Waals surface area contributed by atoms with Gasteiger partial charge in [-0.25, -0.2) is 0 Å². The van der Waals surface area contributed by atoms with E-state index in [2.05, 4.69) is 30.7 Å². The Morgan fingerprint density at radius 2 is 1.57 bits per heavy atom. The summed E-state index contributed by atoms with van der Waals surface area (Å²) >= 11 is 0.542. The molecule has 1 aromatic rings. The van der Waals surface area contributed by atoms with Gasteiger partial charge in [0.15, 0.2) is 0 Å². The van der Waals surface area contributed by atoms with Crippen molar-refractivity contribution in [2.24, 2.45) is 0 Å². The zero-order valence-corrected chi connectivity index (χ0v) is 13.7. The van der Waals surface area contributed by atoms with Crippen LogP contribution in [-0.2, 0) is 11.1 Å². The molecule has 1 unspecified atom stereocenters. The van der Waals surface area contributed by atoms with Gasteiger partial charge in [-0.2, -0.15) is 0 Å². The molecule has 0 fully saturated rings. The van der Waals surface area contributed by atoms with Crippen LogP contribution in [-0.4, -0.2) is 28.5 Å². The Labute approximate surface area is 103 Å². The molecule has 2 nitrogen and oxygen atoms in total. The number of rotatable bonds is 1.